The van der Waals surface area contributed by atoms with E-state index < -0.39 is 0 Å². The maximum absolute atomic E-state index is 12.6. The summed E-state index contributed by atoms with van der Waals surface area (Å²) in [5.74, 6) is 0.280. The van der Waals surface area contributed by atoms with Gasteiger partial charge in [-0.15, -0.1) is 0 Å². The van der Waals surface area contributed by atoms with E-state index in [1.807, 2.05) is 26.0 Å². The highest BCUT2D eigenvalue weighted by atomic mass is 35.5. The van der Waals surface area contributed by atoms with Crippen molar-refractivity contribution in [1.29, 1.82) is 0 Å². The van der Waals surface area contributed by atoms with E-state index in [0.717, 1.165) is 16.8 Å². The Labute approximate surface area is 163 Å². The molecule has 0 saturated carbocycles. The third kappa shape index (κ3) is 4.36. The molecular formula is C19H22ClN5O2. The summed E-state index contributed by atoms with van der Waals surface area (Å²) in [4.78, 5) is 35.9. The number of hydrogen-bond donors (Lipinski definition) is 1. The van der Waals surface area contributed by atoms with Crippen LogP contribution in [0.15, 0.2) is 24.5 Å². The van der Waals surface area contributed by atoms with Crippen LogP contribution in [-0.4, -0.2) is 57.8 Å². The maximum Gasteiger partial charge on any atom is 0.257 e. The van der Waals surface area contributed by atoms with Crippen molar-refractivity contribution in [1.82, 2.24) is 19.8 Å². The number of halogens is 1. The summed E-state index contributed by atoms with van der Waals surface area (Å²) in [6, 6.07) is 3.89. The molecule has 0 atom stereocenters. The molecule has 8 heteroatoms. The van der Waals surface area contributed by atoms with Crippen LogP contribution in [0.1, 0.15) is 28.4 Å². The average molecular weight is 388 g/mol. The minimum atomic E-state index is -0.130. The molecule has 2 aromatic rings. The van der Waals surface area contributed by atoms with Gasteiger partial charge in [0, 0.05) is 45.5 Å². The van der Waals surface area contributed by atoms with Gasteiger partial charge in [0.25, 0.3) is 5.91 Å². The first-order valence-electron chi connectivity index (χ1n) is 8.76. The molecule has 27 heavy (non-hydrogen) atoms. The molecule has 1 fully saturated rings. The maximum atomic E-state index is 12.6. The van der Waals surface area contributed by atoms with E-state index >= 15 is 0 Å². The Hall–Kier alpha value is -2.67. The quantitative estimate of drug-likeness (QED) is 0.876. The van der Waals surface area contributed by atoms with Gasteiger partial charge in [-0.05, 0) is 31.0 Å². The largest absolute Gasteiger partial charge is 0.339 e. The third-order valence-corrected chi connectivity index (χ3v) is 4.88. The predicted molar refractivity (Wildman–Crippen MR) is 104 cm³/mol. The van der Waals surface area contributed by atoms with Gasteiger partial charge in [0.2, 0.25) is 11.9 Å². The van der Waals surface area contributed by atoms with Crippen LogP contribution < -0.4 is 5.32 Å². The molecule has 3 rings (SSSR count). The first-order valence-corrected chi connectivity index (χ1v) is 9.13. The van der Waals surface area contributed by atoms with E-state index in [4.69, 9.17) is 11.6 Å². The molecule has 1 saturated heterocycles. The zero-order valence-electron chi connectivity index (χ0n) is 15.6. The Morgan fingerprint density at radius 3 is 2.19 bits per heavy atom. The van der Waals surface area contributed by atoms with Crippen LogP contribution in [0.5, 0.6) is 0 Å². The number of rotatable bonds is 3. The standard InChI is InChI=1S/C19H22ClN5O2/c1-12-8-13(2)17(16(20)9-12)23-19-21-10-15(11-22-19)18(27)25-6-4-24(5-7-25)14(3)26/h8-11H,4-7H2,1-3H3,(H,21,22,23). The van der Waals surface area contributed by atoms with Crippen LogP contribution in [-0.2, 0) is 4.79 Å². The van der Waals surface area contributed by atoms with Crippen molar-refractivity contribution in [2.45, 2.75) is 20.8 Å². The van der Waals surface area contributed by atoms with Gasteiger partial charge in [-0.3, -0.25) is 9.59 Å². The van der Waals surface area contributed by atoms with Crippen LogP contribution in [0.3, 0.4) is 0 Å². The number of carbonyl (C=O) groups is 2. The molecule has 2 amide bonds. The van der Waals surface area contributed by atoms with E-state index in [9.17, 15) is 9.59 Å². The van der Waals surface area contributed by atoms with Gasteiger partial charge in [-0.1, -0.05) is 17.7 Å². The predicted octanol–water partition coefficient (Wildman–Crippen LogP) is 2.79. The number of hydrogen-bond acceptors (Lipinski definition) is 5. The molecule has 1 N–H and O–H groups in total. The van der Waals surface area contributed by atoms with Crippen molar-refractivity contribution in [3.05, 3.63) is 46.2 Å². The average Bonchev–Trinajstić information content (AvgIpc) is 2.64. The van der Waals surface area contributed by atoms with Crippen LogP contribution in [0.4, 0.5) is 11.6 Å². The highest BCUT2D eigenvalue weighted by Crippen LogP contribution is 2.29. The molecule has 142 valence electrons. The third-order valence-electron chi connectivity index (χ3n) is 4.58. The summed E-state index contributed by atoms with van der Waals surface area (Å²) in [6.45, 7) is 7.60. The van der Waals surface area contributed by atoms with Gasteiger partial charge < -0.3 is 15.1 Å². The molecule has 0 bridgehead atoms. The molecule has 7 nitrogen and oxygen atoms in total. The van der Waals surface area contributed by atoms with Gasteiger partial charge >= 0.3 is 0 Å². The number of benzene rings is 1. The Kier molecular flexibility index (Phi) is 5.60. The Bertz CT molecular complexity index is 838. The Morgan fingerprint density at radius 1 is 1.04 bits per heavy atom. The highest BCUT2D eigenvalue weighted by Gasteiger charge is 2.23. The molecular weight excluding hydrogens is 366 g/mol. The van der Waals surface area contributed by atoms with Crippen molar-refractivity contribution in [3.8, 4) is 0 Å². The number of aromatic nitrogens is 2. The number of aryl methyl sites for hydroxylation is 2. The molecule has 0 radical (unpaired) electrons. The van der Waals surface area contributed by atoms with Crippen molar-refractivity contribution in [2.75, 3.05) is 31.5 Å². The second-order valence-electron chi connectivity index (χ2n) is 6.66. The lowest BCUT2D eigenvalue weighted by molar-refractivity contribution is -0.130. The van der Waals surface area contributed by atoms with Gasteiger partial charge in [0.15, 0.2) is 0 Å². The lowest BCUT2D eigenvalue weighted by atomic mass is 10.1. The summed E-state index contributed by atoms with van der Waals surface area (Å²) in [5.41, 5.74) is 3.24. The first-order chi connectivity index (χ1) is 12.8. The zero-order valence-corrected chi connectivity index (χ0v) is 16.4. The van der Waals surface area contributed by atoms with Gasteiger partial charge in [-0.2, -0.15) is 0 Å². The topological polar surface area (TPSA) is 78.4 Å². The molecule has 2 heterocycles. The van der Waals surface area contributed by atoms with Crippen LogP contribution >= 0.6 is 11.6 Å². The summed E-state index contributed by atoms with van der Waals surface area (Å²) in [6.07, 6.45) is 3.01. The lowest BCUT2D eigenvalue weighted by Crippen LogP contribution is -2.50. The Balaban J connectivity index is 1.67. The monoisotopic (exact) mass is 387 g/mol. The summed E-state index contributed by atoms with van der Waals surface area (Å²) in [5, 5.41) is 3.71. The van der Waals surface area contributed by atoms with Crippen LogP contribution in [0.25, 0.3) is 0 Å². The van der Waals surface area contributed by atoms with Crippen molar-refractivity contribution >= 4 is 35.1 Å². The summed E-state index contributed by atoms with van der Waals surface area (Å²) >= 11 is 6.30. The van der Waals surface area contributed by atoms with E-state index in [-0.39, 0.29) is 11.8 Å². The number of nitrogens with zero attached hydrogens (tertiary/aromatic N) is 4. The first kappa shape index (κ1) is 19.1. The van der Waals surface area contributed by atoms with Gasteiger partial charge in [0.05, 0.1) is 16.3 Å². The molecule has 1 aliphatic heterocycles. The summed E-state index contributed by atoms with van der Waals surface area (Å²) < 4.78 is 0. The normalized spacial score (nSPS) is 14.2. The number of amides is 2. The van der Waals surface area contributed by atoms with E-state index in [1.165, 1.54) is 12.4 Å². The highest BCUT2D eigenvalue weighted by molar-refractivity contribution is 6.33. The number of anilines is 2. The minimum absolute atomic E-state index is 0.0333. The van der Waals surface area contributed by atoms with Crippen LogP contribution in [0, 0.1) is 13.8 Å². The molecule has 0 aliphatic carbocycles. The van der Waals surface area contributed by atoms with E-state index in [0.29, 0.717) is 42.7 Å². The second kappa shape index (κ2) is 7.92. The number of carbonyl (C=O) groups excluding carboxylic acids is 2. The fraction of sp³-hybridized carbons (Fsp3) is 0.368. The van der Waals surface area contributed by atoms with E-state index in [1.54, 1.807) is 16.7 Å². The molecule has 0 spiro atoms. The molecule has 1 aromatic carbocycles. The van der Waals surface area contributed by atoms with E-state index in [2.05, 4.69) is 15.3 Å². The number of nitrogens with one attached hydrogen (secondary N) is 1. The SMILES string of the molecule is CC(=O)N1CCN(C(=O)c2cnc(Nc3c(C)cc(C)cc3Cl)nc2)CC1. The number of piperazine rings is 1. The smallest absolute Gasteiger partial charge is 0.257 e. The van der Waals surface area contributed by atoms with Crippen LogP contribution in [0.2, 0.25) is 5.02 Å². The van der Waals surface area contributed by atoms with Gasteiger partial charge in [-0.25, -0.2) is 9.97 Å². The Morgan fingerprint density at radius 2 is 1.63 bits per heavy atom. The zero-order chi connectivity index (χ0) is 19.6. The summed E-state index contributed by atoms with van der Waals surface area (Å²) in [7, 11) is 0. The molecule has 1 aromatic heterocycles. The van der Waals surface area contributed by atoms with Gasteiger partial charge in [0.1, 0.15) is 0 Å². The lowest BCUT2D eigenvalue weighted by Gasteiger charge is -2.34. The van der Waals surface area contributed by atoms with Crippen molar-refractivity contribution in [3.63, 3.8) is 0 Å². The molecule has 1 aliphatic rings. The molecule has 0 unspecified atom stereocenters. The van der Waals surface area contributed by atoms with Crippen molar-refractivity contribution < 1.29 is 9.59 Å². The van der Waals surface area contributed by atoms with Crippen molar-refractivity contribution in [2.24, 2.45) is 0 Å². The second-order valence-corrected chi connectivity index (χ2v) is 7.06. The minimum Gasteiger partial charge on any atom is -0.339 e. The fourth-order valence-corrected chi connectivity index (χ4v) is 3.46. The fourth-order valence-electron chi connectivity index (χ4n) is 3.10.